The lowest BCUT2D eigenvalue weighted by Crippen LogP contribution is -1.98. The van der Waals surface area contributed by atoms with E-state index in [9.17, 15) is 0 Å². The van der Waals surface area contributed by atoms with Crippen LogP contribution in [0.4, 0.5) is 0 Å². The van der Waals surface area contributed by atoms with E-state index in [0.29, 0.717) is 26.9 Å². The monoisotopic (exact) mass is 297 g/mol. The van der Waals surface area contributed by atoms with Gasteiger partial charge in [0, 0.05) is 11.1 Å². The van der Waals surface area contributed by atoms with Crippen LogP contribution in [0.2, 0.25) is 15.3 Å². The van der Waals surface area contributed by atoms with E-state index >= 15 is 0 Å². The third kappa shape index (κ3) is 2.28. The van der Waals surface area contributed by atoms with Gasteiger partial charge >= 0.3 is 0 Å². The van der Waals surface area contributed by atoms with Crippen LogP contribution < -0.4 is 0 Å². The first-order valence-corrected chi connectivity index (χ1v) is 6.06. The molecule has 0 bridgehead atoms. The summed E-state index contributed by atoms with van der Waals surface area (Å²) in [6.45, 7) is 1.74. The highest BCUT2D eigenvalue weighted by atomic mass is 35.5. The summed E-state index contributed by atoms with van der Waals surface area (Å²) in [5.74, 6) is 0. The fourth-order valence-corrected chi connectivity index (χ4v) is 2.25. The van der Waals surface area contributed by atoms with E-state index < -0.39 is 0 Å². The number of halogens is 3. The zero-order chi connectivity index (χ0) is 13.3. The molecule has 0 amide bonds. The molecule has 6 heteroatoms. The Balaban J connectivity index is 2.80. The first-order chi connectivity index (χ1) is 8.54. The van der Waals surface area contributed by atoms with Gasteiger partial charge in [-0.3, -0.25) is 0 Å². The number of nitriles is 1. The van der Waals surface area contributed by atoms with Crippen LogP contribution in [-0.4, -0.2) is 9.97 Å². The fourth-order valence-electron chi connectivity index (χ4n) is 1.64. The van der Waals surface area contributed by atoms with Crippen LogP contribution >= 0.6 is 34.8 Å². The van der Waals surface area contributed by atoms with Crippen molar-refractivity contribution in [2.75, 3.05) is 0 Å². The third-order valence-electron chi connectivity index (χ3n) is 2.39. The largest absolute Gasteiger partial charge is 0.223 e. The van der Waals surface area contributed by atoms with Gasteiger partial charge in [-0.15, -0.1) is 0 Å². The average molecular weight is 299 g/mol. The Hall–Kier alpha value is -1.34. The molecule has 0 aliphatic rings. The normalized spacial score (nSPS) is 10.2. The molecule has 90 valence electrons. The lowest BCUT2D eigenvalue weighted by molar-refractivity contribution is 1.09. The van der Waals surface area contributed by atoms with Gasteiger partial charge in [0.1, 0.15) is 6.07 Å². The summed E-state index contributed by atoms with van der Waals surface area (Å²) >= 11 is 17.8. The summed E-state index contributed by atoms with van der Waals surface area (Å²) in [4.78, 5) is 7.92. The summed E-state index contributed by atoms with van der Waals surface area (Å²) < 4.78 is 0. The number of aryl methyl sites for hydroxylation is 1. The van der Waals surface area contributed by atoms with Gasteiger partial charge in [0.15, 0.2) is 5.69 Å². The average Bonchev–Trinajstić information content (AvgIpc) is 2.32. The summed E-state index contributed by atoms with van der Waals surface area (Å²) in [6, 6.07) is 7.16. The SMILES string of the molecule is Cc1nc(Cl)nc(C#N)c1-c1cccc(Cl)c1Cl. The van der Waals surface area contributed by atoms with E-state index in [2.05, 4.69) is 9.97 Å². The van der Waals surface area contributed by atoms with Gasteiger partial charge in [0.05, 0.1) is 15.7 Å². The molecule has 0 aliphatic carbocycles. The molecule has 2 rings (SSSR count). The second kappa shape index (κ2) is 5.11. The Bertz CT molecular complexity index is 662. The van der Waals surface area contributed by atoms with Gasteiger partial charge in [-0.25, -0.2) is 9.97 Å². The van der Waals surface area contributed by atoms with E-state index in [4.69, 9.17) is 40.1 Å². The minimum Gasteiger partial charge on any atom is -0.223 e. The molecule has 2 aromatic rings. The van der Waals surface area contributed by atoms with Crippen LogP contribution in [-0.2, 0) is 0 Å². The van der Waals surface area contributed by atoms with Crippen molar-refractivity contribution in [1.82, 2.24) is 9.97 Å². The third-order valence-corrected chi connectivity index (χ3v) is 3.38. The van der Waals surface area contributed by atoms with Crippen molar-refractivity contribution in [1.29, 1.82) is 5.26 Å². The minimum absolute atomic E-state index is 0.0333. The van der Waals surface area contributed by atoms with Crippen molar-refractivity contribution in [3.05, 3.63) is 44.9 Å². The number of nitrogens with zero attached hydrogens (tertiary/aromatic N) is 3. The maximum Gasteiger partial charge on any atom is 0.223 e. The molecule has 1 aromatic carbocycles. The van der Waals surface area contributed by atoms with E-state index in [1.54, 1.807) is 25.1 Å². The van der Waals surface area contributed by atoms with Crippen molar-refractivity contribution in [3.8, 4) is 17.2 Å². The molecule has 0 atom stereocenters. The topological polar surface area (TPSA) is 49.6 Å². The van der Waals surface area contributed by atoms with Crippen molar-refractivity contribution in [2.45, 2.75) is 6.92 Å². The van der Waals surface area contributed by atoms with Gasteiger partial charge in [-0.05, 0) is 24.6 Å². The quantitative estimate of drug-likeness (QED) is 0.738. The summed E-state index contributed by atoms with van der Waals surface area (Å²) in [5.41, 5.74) is 1.93. The van der Waals surface area contributed by atoms with E-state index in [-0.39, 0.29) is 11.0 Å². The molecule has 0 saturated heterocycles. The van der Waals surface area contributed by atoms with Gasteiger partial charge in [0.25, 0.3) is 0 Å². The Morgan fingerprint density at radius 2 is 1.89 bits per heavy atom. The maximum absolute atomic E-state index is 9.11. The summed E-state index contributed by atoms with van der Waals surface area (Å²) in [7, 11) is 0. The fraction of sp³-hybridized carbons (Fsp3) is 0.0833. The highest BCUT2D eigenvalue weighted by molar-refractivity contribution is 6.43. The van der Waals surface area contributed by atoms with Crippen molar-refractivity contribution in [3.63, 3.8) is 0 Å². The van der Waals surface area contributed by atoms with Gasteiger partial charge < -0.3 is 0 Å². The number of aromatic nitrogens is 2. The highest BCUT2D eigenvalue weighted by Crippen LogP contribution is 2.36. The lowest BCUT2D eigenvalue weighted by atomic mass is 10.0. The van der Waals surface area contributed by atoms with Crippen LogP contribution in [0.15, 0.2) is 18.2 Å². The number of hydrogen-bond acceptors (Lipinski definition) is 3. The zero-order valence-corrected chi connectivity index (χ0v) is 11.5. The van der Waals surface area contributed by atoms with E-state index in [1.165, 1.54) is 0 Å². The Morgan fingerprint density at radius 1 is 1.17 bits per heavy atom. The van der Waals surface area contributed by atoms with Gasteiger partial charge in [0.2, 0.25) is 5.28 Å². The van der Waals surface area contributed by atoms with Crippen LogP contribution in [0.1, 0.15) is 11.4 Å². The molecule has 18 heavy (non-hydrogen) atoms. The minimum atomic E-state index is 0.0333. The number of benzene rings is 1. The van der Waals surface area contributed by atoms with E-state index in [1.807, 2.05) is 6.07 Å². The molecule has 0 fully saturated rings. The van der Waals surface area contributed by atoms with Crippen molar-refractivity contribution >= 4 is 34.8 Å². The Labute approximate surface area is 119 Å². The van der Waals surface area contributed by atoms with Crippen LogP contribution in [0.3, 0.4) is 0 Å². The summed E-state index contributed by atoms with van der Waals surface area (Å²) in [5, 5.41) is 9.92. The Kier molecular flexibility index (Phi) is 3.72. The number of rotatable bonds is 1. The zero-order valence-electron chi connectivity index (χ0n) is 9.21. The molecule has 0 spiro atoms. The molecule has 0 N–H and O–H groups in total. The van der Waals surface area contributed by atoms with Crippen LogP contribution in [0.5, 0.6) is 0 Å². The Morgan fingerprint density at radius 3 is 2.56 bits per heavy atom. The molecular formula is C12H6Cl3N3. The second-order valence-corrected chi connectivity index (χ2v) is 4.64. The predicted octanol–water partition coefficient (Wildman–Crippen LogP) is 4.28. The molecule has 0 saturated carbocycles. The smallest absolute Gasteiger partial charge is 0.223 e. The second-order valence-electron chi connectivity index (χ2n) is 3.51. The van der Waals surface area contributed by atoms with Crippen molar-refractivity contribution < 1.29 is 0 Å². The molecule has 0 radical (unpaired) electrons. The molecule has 1 heterocycles. The molecule has 3 nitrogen and oxygen atoms in total. The lowest BCUT2D eigenvalue weighted by Gasteiger charge is -2.10. The van der Waals surface area contributed by atoms with Gasteiger partial charge in [-0.2, -0.15) is 5.26 Å². The van der Waals surface area contributed by atoms with Crippen LogP contribution in [0.25, 0.3) is 11.1 Å². The predicted molar refractivity (Wildman–Crippen MR) is 72.0 cm³/mol. The van der Waals surface area contributed by atoms with Crippen molar-refractivity contribution in [2.24, 2.45) is 0 Å². The molecule has 1 aromatic heterocycles. The molecule has 0 aliphatic heterocycles. The maximum atomic E-state index is 9.11. The first-order valence-electron chi connectivity index (χ1n) is 4.93. The standard InChI is InChI=1S/C12H6Cl3N3/c1-6-10(9(5-16)18-12(15)17-6)7-3-2-4-8(13)11(7)14/h2-4H,1H3. The van der Waals surface area contributed by atoms with Crippen LogP contribution in [0, 0.1) is 18.3 Å². The molecular weight excluding hydrogens is 293 g/mol. The first kappa shape index (κ1) is 13.1. The summed E-state index contributed by atoms with van der Waals surface area (Å²) in [6.07, 6.45) is 0. The van der Waals surface area contributed by atoms with Gasteiger partial charge in [-0.1, -0.05) is 35.3 Å². The highest BCUT2D eigenvalue weighted by Gasteiger charge is 2.16. The van der Waals surface area contributed by atoms with E-state index in [0.717, 1.165) is 0 Å². The number of hydrogen-bond donors (Lipinski definition) is 0. The molecule has 0 unspecified atom stereocenters.